The van der Waals surface area contributed by atoms with E-state index in [1.165, 1.54) is 0 Å². The van der Waals surface area contributed by atoms with Gasteiger partial charge in [-0.15, -0.1) is 0 Å². The summed E-state index contributed by atoms with van der Waals surface area (Å²) in [6, 6.07) is 7.85. The number of hydrogen-bond donors (Lipinski definition) is 1. The minimum Gasteiger partial charge on any atom is -0.388 e. The largest absolute Gasteiger partial charge is 0.388 e. The van der Waals surface area contributed by atoms with Gasteiger partial charge in [0.15, 0.2) is 5.82 Å². The monoisotopic (exact) mass is 259 g/mol. The van der Waals surface area contributed by atoms with Crippen molar-refractivity contribution in [3.05, 3.63) is 41.5 Å². The Morgan fingerprint density at radius 1 is 1.16 bits per heavy atom. The van der Waals surface area contributed by atoms with E-state index in [0.717, 1.165) is 35.7 Å². The van der Waals surface area contributed by atoms with Gasteiger partial charge in [-0.2, -0.15) is 5.10 Å². The molecule has 0 aliphatic rings. The lowest BCUT2D eigenvalue weighted by Gasteiger charge is -2.14. The van der Waals surface area contributed by atoms with E-state index in [9.17, 15) is 5.11 Å². The number of aliphatic hydroxyl groups excluding tert-OH is 1. The molecule has 1 N–H and O–H groups in total. The van der Waals surface area contributed by atoms with E-state index in [1.54, 1.807) is 0 Å². The summed E-state index contributed by atoms with van der Waals surface area (Å²) in [6.07, 6.45) is 1.87. The Kier molecular flexibility index (Phi) is 4.32. The number of aliphatic hydroxyl groups is 1. The highest BCUT2D eigenvalue weighted by Gasteiger charge is 2.15. The van der Waals surface area contributed by atoms with Crippen LogP contribution >= 0.6 is 0 Å². The lowest BCUT2D eigenvalue weighted by molar-refractivity contribution is 0.173. The topological polar surface area (TPSA) is 50.9 Å². The van der Waals surface area contributed by atoms with Crippen LogP contribution in [0.1, 0.15) is 50.5 Å². The molecule has 2 aromatic rings. The minimum absolute atomic E-state index is 0.463. The number of para-hydroxylation sites is 1. The minimum atomic E-state index is -0.463. The molecule has 4 heteroatoms. The summed E-state index contributed by atoms with van der Waals surface area (Å²) in [5.74, 6) is 1.78. The fourth-order valence-electron chi connectivity index (χ4n) is 2.15. The highest BCUT2D eigenvalue weighted by atomic mass is 16.3. The fourth-order valence-corrected chi connectivity index (χ4v) is 2.15. The fraction of sp³-hybridized carbons (Fsp3) is 0.467. The van der Waals surface area contributed by atoms with Crippen molar-refractivity contribution in [2.75, 3.05) is 0 Å². The molecule has 0 saturated heterocycles. The van der Waals surface area contributed by atoms with Crippen LogP contribution in [0.15, 0.2) is 24.3 Å². The van der Waals surface area contributed by atoms with Gasteiger partial charge in [0, 0.05) is 18.4 Å². The zero-order valence-electron chi connectivity index (χ0n) is 11.8. The van der Waals surface area contributed by atoms with Crippen molar-refractivity contribution >= 4 is 0 Å². The Hall–Kier alpha value is -1.68. The van der Waals surface area contributed by atoms with Crippen LogP contribution in [0.5, 0.6) is 0 Å². The molecule has 0 unspecified atom stereocenters. The standard InChI is InChI=1S/C15H21N3O/c1-4-13(19)11-9-7-8-10-12(11)18-15(6-3)16-14(5-2)17-18/h7-10,13,19H,4-6H2,1-3H3/t13-/m1/s1. The molecule has 1 atom stereocenters. The Labute approximate surface area is 114 Å². The Morgan fingerprint density at radius 2 is 1.89 bits per heavy atom. The molecule has 0 aliphatic carbocycles. The van der Waals surface area contributed by atoms with Gasteiger partial charge in [-0.1, -0.05) is 39.0 Å². The lowest BCUT2D eigenvalue weighted by atomic mass is 10.1. The summed E-state index contributed by atoms with van der Waals surface area (Å²) < 4.78 is 1.87. The smallest absolute Gasteiger partial charge is 0.151 e. The SMILES string of the molecule is CCc1nc(CC)n(-c2ccccc2[C@H](O)CC)n1. The number of hydrogen-bond acceptors (Lipinski definition) is 3. The summed E-state index contributed by atoms with van der Waals surface area (Å²) in [5, 5.41) is 14.7. The molecule has 0 saturated carbocycles. The molecular weight excluding hydrogens is 238 g/mol. The summed E-state index contributed by atoms with van der Waals surface area (Å²) in [6.45, 7) is 6.09. The van der Waals surface area contributed by atoms with E-state index in [-0.39, 0.29) is 0 Å². The summed E-state index contributed by atoms with van der Waals surface area (Å²) in [7, 11) is 0. The first-order chi connectivity index (χ1) is 9.21. The molecular formula is C15H21N3O. The van der Waals surface area contributed by atoms with E-state index >= 15 is 0 Å². The lowest BCUT2D eigenvalue weighted by Crippen LogP contribution is -2.08. The zero-order chi connectivity index (χ0) is 13.8. The molecule has 2 rings (SSSR count). The number of rotatable bonds is 5. The maximum absolute atomic E-state index is 10.1. The van der Waals surface area contributed by atoms with Crippen molar-refractivity contribution in [1.29, 1.82) is 0 Å². The second-order valence-corrected chi connectivity index (χ2v) is 4.55. The number of benzene rings is 1. The third-order valence-corrected chi connectivity index (χ3v) is 3.26. The molecule has 4 nitrogen and oxygen atoms in total. The second-order valence-electron chi connectivity index (χ2n) is 4.55. The van der Waals surface area contributed by atoms with E-state index in [0.29, 0.717) is 6.42 Å². The van der Waals surface area contributed by atoms with Crippen LogP contribution in [-0.2, 0) is 12.8 Å². The quantitative estimate of drug-likeness (QED) is 0.898. The van der Waals surface area contributed by atoms with Crippen LogP contribution in [0.4, 0.5) is 0 Å². The van der Waals surface area contributed by atoms with Crippen molar-refractivity contribution in [3.8, 4) is 5.69 Å². The first kappa shape index (κ1) is 13.7. The first-order valence-corrected chi connectivity index (χ1v) is 6.93. The van der Waals surface area contributed by atoms with Crippen LogP contribution < -0.4 is 0 Å². The van der Waals surface area contributed by atoms with Gasteiger partial charge >= 0.3 is 0 Å². The van der Waals surface area contributed by atoms with Crippen molar-refractivity contribution in [2.24, 2.45) is 0 Å². The molecule has 1 heterocycles. The van der Waals surface area contributed by atoms with Crippen molar-refractivity contribution in [3.63, 3.8) is 0 Å². The van der Waals surface area contributed by atoms with Gasteiger partial charge in [-0.3, -0.25) is 0 Å². The maximum atomic E-state index is 10.1. The molecule has 1 aromatic carbocycles. The molecule has 1 aromatic heterocycles. The zero-order valence-corrected chi connectivity index (χ0v) is 11.8. The van der Waals surface area contributed by atoms with Gasteiger partial charge in [0.25, 0.3) is 0 Å². The number of nitrogens with zero attached hydrogens (tertiary/aromatic N) is 3. The van der Waals surface area contributed by atoms with Gasteiger partial charge in [0.2, 0.25) is 0 Å². The third-order valence-electron chi connectivity index (χ3n) is 3.26. The van der Waals surface area contributed by atoms with E-state index in [4.69, 9.17) is 0 Å². The van der Waals surface area contributed by atoms with Crippen molar-refractivity contribution < 1.29 is 5.11 Å². The highest BCUT2D eigenvalue weighted by molar-refractivity contribution is 5.42. The molecule has 0 radical (unpaired) electrons. The maximum Gasteiger partial charge on any atom is 0.151 e. The predicted molar refractivity (Wildman–Crippen MR) is 75.4 cm³/mol. The van der Waals surface area contributed by atoms with Crippen LogP contribution in [0.25, 0.3) is 5.69 Å². The highest BCUT2D eigenvalue weighted by Crippen LogP contribution is 2.24. The molecule has 0 amide bonds. The van der Waals surface area contributed by atoms with Crippen LogP contribution in [-0.4, -0.2) is 19.9 Å². The van der Waals surface area contributed by atoms with Gasteiger partial charge in [-0.25, -0.2) is 9.67 Å². The average molecular weight is 259 g/mol. The normalized spacial score (nSPS) is 12.6. The Morgan fingerprint density at radius 3 is 2.53 bits per heavy atom. The van der Waals surface area contributed by atoms with Crippen molar-refractivity contribution in [2.45, 2.75) is 46.1 Å². The van der Waals surface area contributed by atoms with E-state index in [2.05, 4.69) is 17.0 Å². The molecule has 0 aliphatic heterocycles. The first-order valence-electron chi connectivity index (χ1n) is 6.93. The molecule has 0 fully saturated rings. The van der Waals surface area contributed by atoms with Crippen molar-refractivity contribution in [1.82, 2.24) is 14.8 Å². The van der Waals surface area contributed by atoms with Gasteiger partial charge in [0.1, 0.15) is 5.82 Å². The molecule has 0 spiro atoms. The van der Waals surface area contributed by atoms with E-state index < -0.39 is 6.10 Å². The van der Waals surface area contributed by atoms with Crippen LogP contribution in [0.2, 0.25) is 0 Å². The summed E-state index contributed by atoms with van der Waals surface area (Å²) >= 11 is 0. The third kappa shape index (κ3) is 2.68. The molecule has 19 heavy (non-hydrogen) atoms. The Bertz CT molecular complexity index is 548. The number of aryl methyl sites for hydroxylation is 2. The van der Waals surface area contributed by atoms with Crippen LogP contribution in [0.3, 0.4) is 0 Å². The molecule has 102 valence electrons. The summed E-state index contributed by atoms with van der Waals surface area (Å²) in [5.41, 5.74) is 1.84. The van der Waals surface area contributed by atoms with Crippen LogP contribution in [0, 0.1) is 0 Å². The van der Waals surface area contributed by atoms with Gasteiger partial charge < -0.3 is 5.11 Å². The van der Waals surface area contributed by atoms with Gasteiger partial charge in [-0.05, 0) is 12.5 Å². The predicted octanol–water partition coefficient (Wildman–Crippen LogP) is 2.84. The Balaban J connectivity index is 2.55. The van der Waals surface area contributed by atoms with E-state index in [1.807, 2.05) is 42.8 Å². The summed E-state index contributed by atoms with van der Waals surface area (Å²) in [4.78, 5) is 4.52. The number of aromatic nitrogens is 3. The second kappa shape index (κ2) is 5.97. The van der Waals surface area contributed by atoms with Gasteiger partial charge in [0.05, 0.1) is 11.8 Å². The average Bonchev–Trinajstić information content (AvgIpc) is 2.89. The molecule has 0 bridgehead atoms.